The Kier molecular flexibility index (Phi) is 5.98. The fourth-order valence-corrected chi connectivity index (χ4v) is 4.27. The van der Waals surface area contributed by atoms with E-state index in [1.165, 1.54) is 0 Å². The lowest BCUT2D eigenvalue weighted by atomic mass is 10.2. The number of para-hydroxylation sites is 1. The highest BCUT2D eigenvalue weighted by atomic mass is 35.5. The maximum absolute atomic E-state index is 6.11. The minimum absolute atomic E-state index is 0.633. The maximum Gasteiger partial charge on any atom is 0.204 e. The van der Waals surface area contributed by atoms with Crippen molar-refractivity contribution >= 4 is 29.6 Å². The highest BCUT2D eigenvalue weighted by Gasteiger charge is 2.21. The van der Waals surface area contributed by atoms with Gasteiger partial charge in [-0.05, 0) is 48.6 Å². The fourth-order valence-electron chi connectivity index (χ4n) is 3.86. The number of aromatic nitrogens is 5. The van der Waals surface area contributed by atoms with Gasteiger partial charge in [-0.2, -0.15) is 0 Å². The molecule has 162 valence electrons. The smallest absolute Gasteiger partial charge is 0.204 e. The zero-order chi connectivity index (χ0) is 21.9. The lowest BCUT2D eigenvalue weighted by molar-refractivity contribution is 0.194. The van der Waals surface area contributed by atoms with Gasteiger partial charge < -0.3 is 4.90 Å². The van der Waals surface area contributed by atoms with Gasteiger partial charge in [0.1, 0.15) is 5.82 Å². The number of piperazine rings is 1. The molecule has 1 saturated heterocycles. The monoisotopic (exact) mass is 463 g/mol. The Morgan fingerprint density at radius 3 is 2.34 bits per heavy atom. The molecule has 4 aromatic rings. The summed E-state index contributed by atoms with van der Waals surface area (Å²) in [6, 6.07) is 17.8. The topological polar surface area (TPSA) is 55.0 Å². The van der Waals surface area contributed by atoms with E-state index in [1.807, 2.05) is 70.0 Å². The molecule has 0 spiro atoms. The van der Waals surface area contributed by atoms with E-state index >= 15 is 0 Å². The molecule has 0 amide bonds. The van der Waals surface area contributed by atoms with Crippen molar-refractivity contribution in [1.82, 2.24) is 29.2 Å². The van der Waals surface area contributed by atoms with Crippen LogP contribution in [0.1, 0.15) is 0 Å². The Balaban J connectivity index is 1.41. The van der Waals surface area contributed by atoms with Crippen LogP contribution in [0.2, 0.25) is 5.02 Å². The number of rotatable bonds is 5. The van der Waals surface area contributed by atoms with Crippen molar-refractivity contribution in [3.05, 3.63) is 83.0 Å². The average molecular weight is 464 g/mol. The summed E-state index contributed by atoms with van der Waals surface area (Å²) in [7, 11) is 0. The standard InChI is InChI=1S/C23H22ClN7S/c24-19-8-6-18(7-9-19)22-27-30(23(32)31(22)20-4-2-1-3-5-20)17-28-12-14-29(15-13-28)21-16-25-10-11-26-21/h1-11,16H,12-15,17H2. The molecule has 7 nitrogen and oxygen atoms in total. The Morgan fingerprint density at radius 2 is 1.66 bits per heavy atom. The third-order valence-electron chi connectivity index (χ3n) is 5.54. The Bertz CT molecular complexity index is 1230. The van der Waals surface area contributed by atoms with Crippen LogP contribution in [0.5, 0.6) is 0 Å². The first-order chi connectivity index (χ1) is 15.7. The van der Waals surface area contributed by atoms with E-state index in [-0.39, 0.29) is 0 Å². The first kappa shape index (κ1) is 20.8. The Labute approximate surface area is 196 Å². The van der Waals surface area contributed by atoms with Crippen molar-refractivity contribution in [3.8, 4) is 17.1 Å². The number of nitrogens with zero attached hydrogens (tertiary/aromatic N) is 7. The zero-order valence-electron chi connectivity index (χ0n) is 17.4. The summed E-state index contributed by atoms with van der Waals surface area (Å²) < 4.78 is 4.59. The lowest BCUT2D eigenvalue weighted by Crippen LogP contribution is -2.47. The molecule has 0 N–H and O–H groups in total. The molecule has 2 aromatic heterocycles. The van der Waals surface area contributed by atoms with Crippen LogP contribution < -0.4 is 4.90 Å². The van der Waals surface area contributed by atoms with Crippen LogP contribution in [0.4, 0.5) is 5.82 Å². The number of hydrogen-bond acceptors (Lipinski definition) is 6. The molecular weight excluding hydrogens is 442 g/mol. The van der Waals surface area contributed by atoms with Crippen LogP contribution in [0.3, 0.4) is 0 Å². The maximum atomic E-state index is 6.11. The third kappa shape index (κ3) is 4.29. The van der Waals surface area contributed by atoms with Gasteiger partial charge in [-0.3, -0.25) is 14.5 Å². The predicted molar refractivity (Wildman–Crippen MR) is 129 cm³/mol. The van der Waals surface area contributed by atoms with Gasteiger partial charge in [-0.1, -0.05) is 29.8 Å². The van der Waals surface area contributed by atoms with Crippen molar-refractivity contribution < 1.29 is 0 Å². The van der Waals surface area contributed by atoms with Gasteiger partial charge in [-0.15, -0.1) is 5.10 Å². The molecule has 9 heteroatoms. The first-order valence-corrected chi connectivity index (χ1v) is 11.2. The van der Waals surface area contributed by atoms with E-state index in [0.717, 1.165) is 49.1 Å². The van der Waals surface area contributed by atoms with Gasteiger partial charge in [0, 0.05) is 54.8 Å². The molecule has 0 aliphatic carbocycles. The average Bonchev–Trinajstić information content (AvgIpc) is 3.17. The minimum atomic E-state index is 0.633. The first-order valence-electron chi connectivity index (χ1n) is 10.4. The second-order valence-electron chi connectivity index (χ2n) is 7.59. The molecule has 0 radical (unpaired) electrons. The predicted octanol–water partition coefficient (Wildman–Crippen LogP) is 4.29. The molecule has 5 rings (SSSR count). The second-order valence-corrected chi connectivity index (χ2v) is 8.40. The van der Waals surface area contributed by atoms with Crippen molar-refractivity contribution in [2.24, 2.45) is 0 Å². The molecule has 32 heavy (non-hydrogen) atoms. The fraction of sp³-hybridized carbons (Fsp3) is 0.217. The van der Waals surface area contributed by atoms with Crippen LogP contribution in [-0.2, 0) is 6.67 Å². The van der Waals surface area contributed by atoms with E-state index in [9.17, 15) is 0 Å². The van der Waals surface area contributed by atoms with Crippen LogP contribution in [-0.4, -0.2) is 55.4 Å². The molecule has 0 saturated carbocycles. The van der Waals surface area contributed by atoms with Crippen molar-refractivity contribution in [2.45, 2.75) is 6.67 Å². The zero-order valence-corrected chi connectivity index (χ0v) is 19.0. The SMILES string of the molecule is S=c1n(CN2CCN(c3cnccn3)CC2)nc(-c2ccc(Cl)cc2)n1-c1ccccc1. The largest absolute Gasteiger partial charge is 0.353 e. The van der Waals surface area contributed by atoms with E-state index in [2.05, 4.69) is 19.8 Å². The molecule has 0 bridgehead atoms. The quantitative estimate of drug-likeness (QED) is 0.411. The highest BCUT2D eigenvalue weighted by Crippen LogP contribution is 2.24. The van der Waals surface area contributed by atoms with Crippen molar-refractivity contribution in [2.75, 3.05) is 31.1 Å². The molecule has 0 atom stereocenters. The minimum Gasteiger partial charge on any atom is -0.353 e. The van der Waals surface area contributed by atoms with Gasteiger partial charge in [0.15, 0.2) is 5.82 Å². The molecular formula is C23H22ClN7S. The summed E-state index contributed by atoms with van der Waals surface area (Å²) in [6.45, 7) is 4.19. The number of benzene rings is 2. The van der Waals surface area contributed by atoms with Gasteiger partial charge in [0.2, 0.25) is 4.77 Å². The van der Waals surface area contributed by atoms with Crippen LogP contribution in [0, 0.1) is 4.77 Å². The number of halogens is 1. The van der Waals surface area contributed by atoms with E-state index in [4.69, 9.17) is 28.9 Å². The second kappa shape index (κ2) is 9.20. The van der Waals surface area contributed by atoms with Crippen molar-refractivity contribution in [1.29, 1.82) is 0 Å². The lowest BCUT2D eigenvalue weighted by Gasteiger charge is -2.34. The van der Waals surface area contributed by atoms with Gasteiger partial charge in [-0.25, -0.2) is 9.67 Å². The van der Waals surface area contributed by atoms with Crippen LogP contribution in [0.15, 0.2) is 73.2 Å². The Hall–Kier alpha value is -3.07. The summed E-state index contributed by atoms with van der Waals surface area (Å²) in [4.78, 5) is 13.2. The molecule has 0 unspecified atom stereocenters. The summed E-state index contributed by atoms with van der Waals surface area (Å²) in [5, 5.41) is 5.61. The molecule has 3 heterocycles. The van der Waals surface area contributed by atoms with Gasteiger partial charge in [0.25, 0.3) is 0 Å². The Morgan fingerprint density at radius 1 is 0.906 bits per heavy atom. The van der Waals surface area contributed by atoms with Gasteiger partial charge >= 0.3 is 0 Å². The molecule has 1 aliphatic heterocycles. The number of anilines is 1. The summed E-state index contributed by atoms with van der Waals surface area (Å²) in [5.74, 6) is 1.72. The third-order valence-corrected chi connectivity index (χ3v) is 6.18. The highest BCUT2D eigenvalue weighted by molar-refractivity contribution is 7.71. The van der Waals surface area contributed by atoms with E-state index in [0.29, 0.717) is 16.5 Å². The molecule has 1 aliphatic rings. The number of hydrogen-bond donors (Lipinski definition) is 0. The summed E-state index contributed by atoms with van der Waals surface area (Å²) in [6.07, 6.45) is 5.24. The summed E-state index contributed by atoms with van der Waals surface area (Å²) >= 11 is 12.0. The van der Waals surface area contributed by atoms with Crippen LogP contribution in [0.25, 0.3) is 17.1 Å². The van der Waals surface area contributed by atoms with E-state index in [1.54, 1.807) is 12.4 Å². The van der Waals surface area contributed by atoms with Gasteiger partial charge in [0.05, 0.1) is 12.9 Å². The molecule has 2 aromatic carbocycles. The normalized spacial score (nSPS) is 14.6. The van der Waals surface area contributed by atoms with E-state index < -0.39 is 0 Å². The van der Waals surface area contributed by atoms with Crippen molar-refractivity contribution in [3.63, 3.8) is 0 Å². The summed E-state index contributed by atoms with van der Waals surface area (Å²) in [5.41, 5.74) is 1.96. The molecule has 1 fully saturated rings. The van der Waals surface area contributed by atoms with Crippen LogP contribution >= 0.6 is 23.8 Å².